The molecule has 0 saturated carbocycles. The predicted octanol–water partition coefficient (Wildman–Crippen LogP) is 2.17. The van der Waals surface area contributed by atoms with Crippen LogP contribution in [0.1, 0.15) is 36.2 Å². The van der Waals surface area contributed by atoms with Crippen LogP contribution in [0.25, 0.3) is 0 Å². The van der Waals surface area contributed by atoms with Crippen molar-refractivity contribution in [2.75, 3.05) is 13.2 Å². The van der Waals surface area contributed by atoms with E-state index in [-0.39, 0.29) is 18.4 Å². The number of hydrogen-bond acceptors (Lipinski definition) is 4. The van der Waals surface area contributed by atoms with Crippen molar-refractivity contribution < 1.29 is 19.1 Å². The van der Waals surface area contributed by atoms with Crippen LogP contribution >= 0.6 is 0 Å². The van der Waals surface area contributed by atoms with E-state index in [1.807, 2.05) is 0 Å². The van der Waals surface area contributed by atoms with Crippen LogP contribution in [-0.4, -0.2) is 25.2 Å². The van der Waals surface area contributed by atoms with Crippen LogP contribution in [-0.2, 0) is 14.3 Å². The summed E-state index contributed by atoms with van der Waals surface area (Å²) in [5.74, 6) is 4.86. The van der Waals surface area contributed by atoms with Gasteiger partial charge in [-0.05, 0) is 38.1 Å². The van der Waals surface area contributed by atoms with Crippen LogP contribution in [0.5, 0.6) is 0 Å². The topological polar surface area (TPSA) is 52.6 Å². The molecule has 0 aliphatic heterocycles. The quantitative estimate of drug-likeness (QED) is 0.615. The van der Waals surface area contributed by atoms with E-state index in [4.69, 9.17) is 9.47 Å². The lowest BCUT2D eigenvalue weighted by atomic mass is 10.1. The molecule has 0 N–H and O–H groups in total. The summed E-state index contributed by atoms with van der Waals surface area (Å²) in [5, 5.41) is 0. The van der Waals surface area contributed by atoms with Gasteiger partial charge in [-0.15, -0.1) is 0 Å². The molecule has 0 aliphatic carbocycles. The number of hydrogen-bond donors (Lipinski definition) is 0. The van der Waals surface area contributed by atoms with Crippen molar-refractivity contribution >= 4 is 11.9 Å². The van der Waals surface area contributed by atoms with E-state index in [0.29, 0.717) is 18.8 Å². The Morgan fingerprint density at radius 1 is 1.05 bits per heavy atom. The molecule has 1 aromatic rings. The summed E-state index contributed by atoms with van der Waals surface area (Å²) in [6.45, 7) is 4.21. The van der Waals surface area contributed by atoms with Crippen LogP contribution in [0.4, 0.5) is 0 Å². The number of benzene rings is 1. The molecule has 0 radical (unpaired) electrons. The lowest BCUT2D eigenvalue weighted by molar-refractivity contribution is -0.141. The van der Waals surface area contributed by atoms with Crippen molar-refractivity contribution in [3.05, 3.63) is 35.4 Å². The minimum Gasteiger partial charge on any atom is -0.465 e. The van der Waals surface area contributed by atoms with E-state index in [0.717, 1.165) is 5.56 Å². The second-order valence-corrected chi connectivity index (χ2v) is 3.58. The number of ether oxygens (including phenoxy) is 2. The van der Waals surface area contributed by atoms with Gasteiger partial charge in [0.15, 0.2) is 0 Å². The van der Waals surface area contributed by atoms with Crippen LogP contribution in [0, 0.1) is 11.8 Å². The Bertz CT molecular complexity index is 491. The van der Waals surface area contributed by atoms with Crippen molar-refractivity contribution in [2.24, 2.45) is 0 Å². The van der Waals surface area contributed by atoms with E-state index in [2.05, 4.69) is 11.8 Å². The van der Waals surface area contributed by atoms with Crippen molar-refractivity contribution in [1.82, 2.24) is 0 Å². The fraction of sp³-hybridized carbons (Fsp3) is 0.333. The molecular weight excluding hydrogens is 244 g/mol. The third-order valence-corrected chi connectivity index (χ3v) is 2.17. The molecule has 4 nitrogen and oxygen atoms in total. The minimum absolute atomic E-state index is 0.0630. The maximum absolute atomic E-state index is 11.4. The number of esters is 2. The standard InChI is InChI=1S/C15H16O4/c1-3-18-14(16)7-5-6-12-8-10-13(11-9-12)15(17)19-4-2/h8-11H,3-4,7H2,1-2H3. The Labute approximate surface area is 112 Å². The average molecular weight is 260 g/mol. The molecule has 0 heterocycles. The second kappa shape index (κ2) is 7.93. The Morgan fingerprint density at radius 3 is 2.26 bits per heavy atom. The number of carbonyl (C=O) groups is 2. The smallest absolute Gasteiger partial charge is 0.338 e. The molecule has 1 rings (SSSR count). The Balaban J connectivity index is 2.60. The summed E-state index contributed by atoms with van der Waals surface area (Å²) in [5.41, 5.74) is 1.22. The van der Waals surface area contributed by atoms with E-state index >= 15 is 0 Å². The summed E-state index contributed by atoms with van der Waals surface area (Å²) in [6.07, 6.45) is 0.0630. The summed E-state index contributed by atoms with van der Waals surface area (Å²) in [6, 6.07) is 6.72. The highest BCUT2D eigenvalue weighted by Crippen LogP contribution is 2.05. The fourth-order valence-electron chi connectivity index (χ4n) is 1.33. The van der Waals surface area contributed by atoms with Gasteiger partial charge in [0.1, 0.15) is 6.42 Å². The Kier molecular flexibility index (Phi) is 6.17. The van der Waals surface area contributed by atoms with E-state index in [9.17, 15) is 9.59 Å². The maximum Gasteiger partial charge on any atom is 0.338 e. The Morgan fingerprint density at radius 2 is 1.68 bits per heavy atom. The molecule has 0 spiro atoms. The zero-order chi connectivity index (χ0) is 14.1. The van der Waals surface area contributed by atoms with Crippen LogP contribution in [0.3, 0.4) is 0 Å². The zero-order valence-electron chi connectivity index (χ0n) is 11.1. The maximum atomic E-state index is 11.4. The fourth-order valence-corrected chi connectivity index (χ4v) is 1.33. The molecule has 0 aliphatic rings. The molecule has 0 unspecified atom stereocenters. The van der Waals surface area contributed by atoms with Crippen molar-refractivity contribution in [2.45, 2.75) is 20.3 Å². The SMILES string of the molecule is CCOC(=O)CC#Cc1ccc(C(=O)OCC)cc1. The van der Waals surface area contributed by atoms with Gasteiger partial charge in [-0.1, -0.05) is 11.8 Å². The third kappa shape index (κ3) is 5.26. The van der Waals surface area contributed by atoms with Gasteiger partial charge in [-0.3, -0.25) is 4.79 Å². The molecule has 1 aromatic carbocycles. The van der Waals surface area contributed by atoms with Gasteiger partial charge in [0.25, 0.3) is 0 Å². The third-order valence-electron chi connectivity index (χ3n) is 2.17. The summed E-state index contributed by atoms with van der Waals surface area (Å²) in [4.78, 5) is 22.5. The molecular formula is C15H16O4. The highest BCUT2D eigenvalue weighted by molar-refractivity contribution is 5.89. The average Bonchev–Trinajstić information content (AvgIpc) is 2.40. The lowest BCUT2D eigenvalue weighted by Gasteiger charge is -2.00. The van der Waals surface area contributed by atoms with E-state index in [1.54, 1.807) is 38.1 Å². The normalized spacial score (nSPS) is 9.16. The van der Waals surface area contributed by atoms with Crippen LogP contribution in [0.2, 0.25) is 0 Å². The van der Waals surface area contributed by atoms with Gasteiger partial charge in [-0.2, -0.15) is 0 Å². The first-order valence-corrected chi connectivity index (χ1v) is 6.09. The van der Waals surface area contributed by atoms with Crippen molar-refractivity contribution in [3.63, 3.8) is 0 Å². The monoisotopic (exact) mass is 260 g/mol. The molecule has 4 heteroatoms. The zero-order valence-corrected chi connectivity index (χ0v) is 11.1. The molecule has 0 fully saturated rings. The van der Waals surface area contributed by atoms with Gasteiger partial charge >= 0.3 is 11.9 Å². The summed E-state index contributed by atoms with van der Waals surface area (Å²) < 4.78 is 9.63. The largest absolute Gasteiger partial charge is 0.465 e. The first kappa shape index (κ1) is 14.8. The molecule has 19 heavy (non-hydrogen) atoms. The van der Waals surface area contributed by atoms with E-state index in [1.165, 1.54) is 0 Å². The van der Waals surface area contributed by atoms with Gasteiger partial charge in [0.2, 0.25) is 0 Å². The first-order valence-electron chi connectivity index (χ1n) is 6.09. The predicted molar refractivity (Wildman–Crippen MR) is 70.5 cm³/mol. The lowest BCUT2D eigenvalue weighted by Crippen LogP contribution is -2.04. The van der Waals surface area contributed by atoms with Crippen LogP contribution < -0.4 is 0 Å². The summed E-state index contributed by atoms with van der Waals surface area (Å²) >= 11 is 0. The van der Waals surface area contributed by atoms with E-state index < -0.39 is 0 Å². The highest BCUT2D eigenvalue weighted by atomic mass is 16.5. The molecule has 0 saturated heterocycles. The number of carbonyl (C=O) groups excluding carboxylic acids is 2. The molecule has 0 aromatic heterocycles. The van der Waals surface area contributed by atoms with Crippen molar-refractivity contribution in [1.29, 1.82) is 0 Å². The van der Waals surface area contributed by atoms with Crippen molar-refractivity contribution in [3.8, 4) is 11.8 Å². The molecule has 0 amide bonds. The first-order chi connectivity index (χ1) is 9.17. The number of rotatable bonds is 4. The van der Waals surface area contributed by atoms with Gasteiger partial charge in [-0.25, -0.2) is 4.79 Å². The molecule has 100 valence electrons. The van der Waals surface area contributed by atoms with Crippen LogP contribution in [0.15, 0.2) is 24.3 Å². The minimum atomic E-state index is -0.353. The molecule has 0 atom stereocenters. The van der Waals surface area contributed by atoms with Gasteiger partial charge < -0.3 is 9.47 Å². The highest BCUT2D eigenvalue weighted by Gasteiger charge is 2.04. The van der Waals surface area contributed by atoms with Gasteiger partial charge in [0.05, 0.1) is 18.8 Å². The second-order valence-electron chi connectivity index (χ2n) is 3.58. The van der Waals surface area contributed by atoms with Gasteiger partial charge in [0, 0.05) is 5.56 Å². The molecule has 0 bridgehead atoms. The Hall–Kier alpha value is -2.28. The summed E-state index contributed by atoms with van der Waals surface area (Å²) in [7, 11) is 0.